The molecule has 110 valence electrons. The summed E-state index contributed by atoms with van der Waals surface area (Å²) in [5, 5.41) is 3.73. The van der Waals surface area contributed by atoms with Crippen molar-refractivity contribution in [2.24, 2.45) is 0 Å². The van der Waals surface area contributed by atoms with Gasteiger partial charge in [0.15, 0.2) is 0 Å². The fourth-order valence-electron chi connectivity index (χ4n) is 2.77. The Morgan fingerprint density at radius 1 is 1.29 bits per heavy atom. The summed E-state index contributed by atoms with van der Waals surface area (Å²) in [6.45, 7) is 2.98. The molecule has 2 atom stereocenters. The van der Waals surface area contributed by atoms with Gasteiger partial charge in [-0.1, -0.05) is 22.0 Å². The first kappa shape index (κ1) is 14.5. The molecule has 1 aromatic heterocycles. The van der Waals surface area contributed by atoms with Gasteiger partial charge in [-0.25, -0.2) is 0 Å². The van der Waals surface area contributed by atoms with Gasteiger partial charge in [0.05, 0.1) is 6.61 Å². The largest absolute Gasteiger partial charge is 0.493 e. The van der Waals surface area contributed by atoms with Crippen molar-refractivity contribution >= 4 is 15.9 Å². The first-order chi connectivity index (χ1) is 10.2. The van der Waals surface area contributed by atoms with E-state index in [0.29, 0.717) is 6.04 Å². The molecule has 0 radical (unpaired) electrons. The molecule has 2 unspecified atom stereocenters. The van der Waals surface area contributed by atoms with Crippen LogP contribution in [0.4, 0.5) is 0 Å². The van der Waals surface area contributed by atoms with Crippen molar-refractivity contribution in [1.29, 1.82) is 0 Å². The number of hydrogen-bond donors (Lipinski definition) is 1. The van der Waals surface area contributed by atoms with Gasteiger partial charge < -0.3 is 10.1 Å². The molecule has 4 heteroatoms. The molecule has 1 aromatic carbocycles. The van der Waals surface area contributed by atoms with Crippen molar-refractivity contribution < 1.29 is 4.74 Å². The van der Waals surface area contributed by atoms with Gasteiger partial charge in [-0.15, -0.1) is 0 Å². The third kappa shape index (κ3) is 3.44. The fraction of sp³-hybridized carbons (Fsp3) is 0.353. The van der Waals surface area contributed by atoms with Gasteiger partial charge in [-0.05, 0) is 49.6 Å². The lowest BCUT2D eigenvalue weighted by atomic mass is 10.00. The smallest absolute Gasteiger partial charge is 0.125 e. The zero-order valence-corrected chi connectivity index (χ0v) is 13.6. The molecule has 0 saturated heterocycles. The van der Waals surface area contributed by atoms with Gasteiger partial charge in [0.25, 0.3) is 0 Å². The minimum atomic E-state index is 0.285. The maximum Gasteiger partial charge on any atom is 0.125 e. The summed E-state index contributed by atoms with van der Waals surface area (Å²) in [4.78, 5) is 4.08. The second-order valence-corrected chi connectivity index (χ2v) is 6.31. The Bertz CT molecular complexity index is 603. The molecule has 0 amide bonds. The summed E-state index contributed by atoms with van der Waals surface area (Å²) >= 11 is 3.52. The van der Waals surface area contributed by atoms with Crippen molar-refractivity contribution in [1.82, 2.24) is 10.3 Å². The van der Waals surface area contributed by atoms with Gasteiger partial charge in [-0.2, -0.15) is 0 Å². The van der Waals surface area contributed by atoms with E-state index < -0.39 is 0 Å². The summed E-state index contributed by atoms with van der Waals surface area (Å²) in [6, 6.07) is 11.0. The number of benzene rings is 1. The number of pyridine rings is 1. The first-order valence-corrected chi connectivity index (χ1v) is 8.11. The quantitative estimate of drug-likeness (QED) is 0.893. The monoisotopic (exact) mass is 346 g/mol. The van der Waals surface area contributed by atoms with Crippen LogP contribution in [0.5, 0.6) is 5.75 Å². The average molecular weight is 347 g/mol. The summed E-state index contributed by atoms with van der Waals surface area (Å²) < 4.78 is 6.93. The van der Waals surface area contributed by atoms with E-state index in [2.05, 4.69) is 63.5 Å². The molecule has 1 aliphatic rings. The van der Waals surface area contributed by atoms with Crippen molar-refractivity contribution in [3.05, 3.63) is 58.3 Å². The second kappa shape index (κ2) is 6.58. The number of fused-ring (bicyclic) bond motifs is 1. The lowest BCUT2D eigenvalue weighted by Crippen LogP contribution is -2.24. The van der Waals surface area contributed by atoms with Crippen LogP contribution in [-0.2, 0) is 0 Å². The van der Waals surface area contributed by atoms with Crippen LogP contribution in [0, 0.1) is 0 Å². The standard InChI is InChI=1S/C17H19BrN2O/c1-12(13-6-8-19-9-7-13)20-16-3-2-10-21-17-11-14(18)4-5-15(16)17/h4-9,11-12,16,20H,2-3,10H2,1H3. The summed E-state index contributed by atoms with van der Waals surface area (Å²) in [5.74, 6) is 0.987. The third-order valence-corrected chi connectivity index (χ3v) is 4.40. The molecule has 3 nitrogen and oxygen atoms in total. The predicted octanol–water partition coefficient (Wildman–Crippen LogP) is 4.41. The normalized spacial score (nSPS) is 19.2. The van der Waals surface area contributed by atoms with Crippen molar-refractivity contribution in [3.63, 3.8) is 0 Å². The van der Waals surface area contributed by atoms with Crippen LogP contribution in [0.25, 0.3) is 0 Å². The SMILES string of the molecule is CC(NC1CCCOc2cc(Br)ccc21)c1ccncc1. The molecular formula is C17H19BrN2O. The van der Waals surface area contributed by atoms with Gasteiger partial charge in [0.2, 0.25) is 0 Å². The van der Waals surface area contributed by atoms with E-state index >= 15 is 0 Å². The molecule has 1 aliphatic heterocycles. The highest BCUT2D eigenvalue weighted by atomic mass is 79.9. The van der Waals surface area contributed by atoms with Crippen molar-refractivity contribution in [2.45, 2.75) is 31.8 Å². The Labute approximate surface area is 133 Å². The number of ether oxygens (including phenoxy) is 1. The maximum absolute atomic E-state index is 5.87. The van der Waals surface area contributed by atoms with Crippen molar-refractivity contribution in [3.8, 4) is 5.75 Å². The fourth-order valence-corrected chi connectivity index (χ4v) is 3.11. The van der Waals surface area contributed by atoms with Crippen LogP contribution >= 0.6 is 15.9 Å². The zero-order valence-electron chi connectivity index (χ0n) is 12.1. The Morgan fingerprint density at radius 3 is 2.90 bits per heavy atom. The van der Waals surface area contributed by atoms with E-state index in [1.54, 1.807) is 0 Å². The summed E-state index contributed by atoms with van der Waals surface area (Å²) in [5.41, 5.74) is 2.51. The minimum absolute atomic E-state index is 0.285. The third-order valence-electron chi connectivity index (χ3n) is 3.90. The molecule has 0 saturated carbocycles. The van der Waals surface area contributed by atoms with Gasteiger partial charge in [0.1, 0.15) is 5.75 Å². The van der Waals surface area contributed by atoms with Crippen LogP contribution in [-0.4, -0.2) is 11.6 Å². The van der Waals surface area contributed by atoms with Crippen LogP contribution < -0.4 is 10.1 Å². The Morgan fingerprint density at radius 2 is 2.10 bits per heavy atom. The van der Waals surface area contributed by atoms with Gasteiger partial charge in [0, 0.05) is 34.5 Å². The highest BCUT2D eigenvalue weighted by Crippen LogP contribution is 2.35. The molecule has 0 aliphatic carbocycles. The number of rotatable bonds is 3. The molecule has 0 fully saturated rings. The first-order valence-electron chi connectivity index (χ1n) is 7.32. The number of nitrogens with zero attached hydrogens (tertiary/aromatic N) is 1. The van der Waals surface area contributed by atoms with E-state index in [4.69, 9.17) is 4.74 Å². The minimum Gasteiger partial charge on any atom is -0.493 e. The maximum atomic E-state index is 5.87. The topological polar surface area (TPSA) is 34.1 Å². The van der Waals surface area contributed by atoms with Crippen LogP contribution in [0.2, 0.25) is 0 Å². The lowest BCUT2D eigenvalue weighted by molar-refractivity contribution is 0.314. The van der Waals surface area contributed by atoms with Gasteiger partial charge in [-0.3, -0.25) is 4.98 Å². The van der Waals surface area contributed by atoms with Crippen LogP contribution in [0.3, 0.4) is 0 Å². The molecule has 3 rings (SSSR count). The van der Waals surface area contributed by atoms with Crippen molar-refractivity contribution in [2.75, 3.05) is 6.61 Å². The number of halogens is 1. The highest BCUT2D eigenvalue weighted by molar-refractivity contribution is 9.10. The van der Waals surface area contributed by atoms with E-state index in [-0.39, 0.29) is 6.04 Å². The van der Waals surface area contributed by atoms with E-state index in [0.717, 1.165) is 29.7 Å². The van der Waals surface area contributed by atoms with Crippen LogP contribution in [0.15, 0.2) is 47.2 Å². The Balaban J connectivity index is 1.82. The lowest BCUT2D eigenvalue weighted by Gasteiger charge is -2.23. The summed E-state index contributed by atoms with van der Waals surface area (Å²) in [7, 11) is 0. The van der Waals surface area contributed by atoms with E-state index in [1.165, 1.54) is 11.1 Å². The van der Waals surface area contributed by atoms with E-state index in [1.807, 2.05) is 12.4 Å². The second-order valence-electron chi connectivity index (χ2n) is 5.39. The number of aromatic nitrogens is 1. The molecular weight excluding hydrogens is 328 g/mol. The molecule has 2 aromatic rings. The molecule has 0 spiro atoms. The van der Waals surface area contributed by atoms with Crippen LogP contribution in [0.1, 0.15) is 43.0 Å². The zero-order chi connectivity index (χ0) is 14.7. The number of hydrogen-bond acceptors (Lipinski definition) is 3. The predicted molar refractivity (Wildman–Crippen MR) is 87.4 cm³/mol. The molecule has 1 N–H and O–H groups in total. The molecule has 0 bridgehead atoms. The highest BCUT2D eigenvalue weighted by Gasteiger charge is 2.21. The van der Waals surface area contributed by atoms with Gasteiger partial charge >= 0.3 is 0 Å². The summed E-state index contributed by atoms with van der Waals surface area (Å²) in [6.07, 6.45) is 5.83. The Hall–Kier alpha value is -1.39. The molecule has 21 heavy (non-hydrogen) atoms. The van der Waals surface area contributed by atoms with E-state index in [9.17, 15) is 0 Å². The average Bonchev–Trinajstić information content (AvgIpc) is 2.70. The Kier molecular flexibility index (Phi) is 4.56. The number of nitrogens with one attached hydrogen (secondary N) is 1. The molecule has 2 heterocycles.